The second-order valence-electron chi connectivity index (χ2n) is 7.76. The summed E-state index contributed by atoms with van der Waals surface area (Å²) in [6.45, 7) is 2.90. The van der Waals surface area contributed by atoms with Gasteiger partial charge in [0.1, 0.15) is 5.82 Å². The lowest BCUT2D eigenvalue weighted by atomic mass is 9.85. The lowest BCUT2D eigenvalue weighted by Crippen LogP contribution is -2.34. The van der Waals surface area contributed by atoms with Crippen molar-refractivity contribution in [3.63, 3.8) is 0 Å². The van der Waals surface area contributed by atoms with E-state index in [2.05, 4.69) is 21.5 Å². The Labute approximate surface area is 150 Å². The van der Waals surface area contributed by atoms with Gasteiger partial charge in [0.25, 0.3) is 0 Å². The van der Waals surface area contributed by atoms with Gasteiger partial charge in [-0.3, -0.25) is 4.68 Å². The molecule has 0 aliphatic heterocycles. The number of nitrogens with one attached hydrogen (secondary N) is 1. The van der Waals surface area contributed by atoms with Crippen LogP contribution in [0.25, 0.3) is 0 Å². The highest BCUT2D eigenvalue weighted by Gasteiger charge is 2.23. The van der Waals surface area contributed by atoms with Gasteiger partial charge in [0.05, 0.1) is 5.69 Å². The van der Waals surface area contributed by atoms with Crippen LogP contribution in [0.15, 0.2) is 12.4 Å². The zero-order valence-corrected chi connectivity index (χ0v) is 15.5. The minimum absolute atomic E-state index is 0.512. The number of hydrogen-bond donors (Lipinski definition) is 1. The second kappa shape index (κ2) is 7.24. The smallest absolute Gasteiger partial charge is 0.125 e. The summed E-state index contributed by atoms with van der Waals surface area (Å²) in [4.78, 5) is 8.96. The Hall–Kier alpha value is -1.75. The van der Waals surface area contributed by atoms with Crippen LogP contribution >= 0.6 is 0 Å². The Morgan fingerprint density at radius 1 is 1.20 bits per heavy atom. The van der Waals surface area contributed by atoms with Gasteiger partial charge in [0.2, 0.25) is 0 Å². The molecule has 0 spiro atoms. The van der Waals surface area contributed by atoms with E-state index in [9.17, 15) is 0 Å². The molecule has 5 heteroatoms. The Morgan fingerprint density at radius 3 is 2.88 bits per heavy atom. The van der Waals surface area contributed by atoms with E-state index in [0.717, 1.165) is 31.6 Å². The average molecular weight is 339 g/mol. The Bertz CT molecular complexity index is 730. The minimum atomic E-state index is 0.512. The van der Waals surface area contributed by atoms with Crippen LogP contribution in [0.1, 0.15) is 72.8 Å². The molecule has 1 atom stereocenters. The molecule has 4 rings (SSSR count). The first kappa shape index (κ1) is 16.7. The first-order valence-corrected chi connectivity index (χ1v) is 9.76. The largest absolute Gasteiger partial charge is 0.309 e. The number of fused-ring (bicyclic) bond motifs is 1. The predicted octanol–water partition coefficient (Wildman–Crippen LogP) is 3.21. The summed E-state index contributed by atoms with van der Waals surface area (Å²) < 4.78 is 1.99. The summed E-state index contributed by atoms with van der Waals surface area (Å²) in [5, 5.41) is 8.58. The van der Waals surface area contributed by atoms with Crippen molar-refractivity contribution >= 4 is 0 Å². The van der Waals surface area contributed by atoms with Gasteiger partial charge in [0, 0.05) is 49.2 Å². The van der Waals surface area contributed by atoms with Gasteiger partial charge >= 0.3 is 0 Å². The van der Waals surface area contributed by atoms with Crippen LogP contribution in [-0.2, 0) is 26.4 Å². The topological polar surface area (TPSA) is 55.6 Å². The van der Waals surface area contributed by atoms with E-state index in [0.29, 0.717) is 12.0 Å². The lowest BCUT2D eigenvalue weighted by Gasteiger charge is -2.25. The molecular weight excluding hydrogens is 310 g/mol. The van der Waals surface area contributed by atoms with E-state index in [1.54, 1.807) is 0 Å². The van der Waals surface area contributed by atoms with Crippen molar-refractivity contribution < 1.29 is 0 Å². The molecule has 2 heterocycles. The van der Waals surface area contributed by atoms with Gasteiger partial charge in [-0.2, -0.15) is 5.10 Å². The summed E-state index contributed by atoms with van der Waals surface area (Å²) in [5.41, 5.74) is 5.29. The van der Waals surface area contributed by atoms with Gasteiger partial charge in [0.15, 0.2) is 0 Å². The fraction of sp³-hybridized carbons (Fsp3) is 0.650. The van der Waals surface area contributed by atoms with Crippen molar-refractivity contribution in [3.05, 3.63) is 40.7 Å². The average Bonchev–Trinajstić information content (AvgIpc) is 3.01. The lowest BCUT2D eigenvalue weighted by molar-refractivity contribution is 0.425. The number of rotatable bonds is 4. The normalized spacial score (nSPS) is 21.3. The quantitative estimate of drug-likeness (QED) is 0.929. The SMILES string of the molecule is Cc1ncc2c(n1)CCC(NCc1cn(C)nc1C1CCCCC1)C2. The Morgan fingerprint density at radius 2 is 2.04 bits per heavy atom. The van der Waals surface area contributed by atoms with E-state index in [1.165, 1.54) is 54.6 Å². The van der Waals surface area contributed by atoms with Crippen molar-refractivity contribution in [2.24, 2.45) is 7.05 Å². The van der Waals surface area contributed by atoms with Crippen LogP contribution < -0.4 is 5.32 Å². The van der Waals surface area contributed by atoms with Crippen molar-refractivity contribution in [1.82, 2.24) is 25.1 Å². The van der Waals surface area contributed by atoms with Crippen LogP contribution in [0.3, 0.4) is 0 Å². The molecule has 1 saturated carbocycles. The summed E-state index contributed by atoms with van der Waals surface area (Å²) in [6, 6.07) is 0.512. The van der Waals surface area contributed by atoms with Gasteiger partial charge in [-0.15, -0.1) is 0 Å². The molecule has 134 valence electrons. The number of nitrogens with zero attached hydrogens (tertiary/aromatic N) is 4. The molecule has 1 N–H and O–H groups in total. The number of hydrogen-bond acceptors (Lipinski definition) is 4. The Kier molecular flexibility index (Phi) is 4.84. The molecule has 5 nitrogen and oxygen atoms in total. The van der Waals surface area contributed by atoms with Gasteiger partial charge < -0.3 is 5.32 Å². The van der Waals surface area contributed by atoms with Crippen LogP contribution in [0.5, 0.6) is 0 Å². The fourth-order valence-electron chi connectivity index (χ4n) is 4.45. The molecule has 2 aromatic heterocycles. The summed E-state index contributed by atoms with van der Waals surface area (Å²) in [6.07, 6.45) is 14.2. The number of aryl methyl sites for hydroxylation is 3. The first-order chi connectivity index (χ1) is 12.2. The molecule has 2 aliphatic rings. The molecule has 0 bridgehead atoms. The van der Waals surface area contributed by atoms with Crippen molar-refractivity contribution in [2.75, 3.05) is 0 Å². The molecule has 1 fully saturated rings. The number of aromatic nitrogens is 4. The molecular formula is C20H29N5. The van der Waals surface area contributed by atoms with Crippen LogP contribution in [0, 0.1) is 6.92 Å². The molecule has 0 amide bonds. The van der Waals surface area contributed by atoms with Gasteiger partial charge in [-0.25, -0.2) is 9.97 Å². The summed E-state index contributed by atoms with van der Waals surface area (Å²) in [7, 11) is 2.05. The zero-order chi connectivity index (χ0) is 17.2. The molecule has 25 heavy (non-hydrogen) atoms. The highest BCUT2D eigenvalue weighted by atomic mass is 15.3. The van der Waals surface area contributed by atoms with Gasteiger partial charge in [-0.1, -0.05) is 19.3 Å². The van der Waals surface area contributed by atoms with Crippen molar-refractivity contribution in [3.8, 4) is 0 Å². The van der Waals surface area contributed by atoms with Crippen molar-refractivity contribution in [1.29, 1.82) is 0 Å². The van der Waals surface area contributed by atoms with Crippen LogP contribution in [-0.4, -0.2) is 25.8 Å². The van der Waals surface area contributed by atoms with E-state index in [4.69, 9.17) is 5.10 Å². The standard InChI is InChI=1S/C20H29N5/c1-14-21-11-16-10-18(8-9-19(16)23-14)22-12-17-13-25(2)24-20(17)15-6-4-3-5-7-15/h11,13,15,18,22H,3-10,12H2,1-2H3. The van der Waals surface area contributed by atoms with Gasteiger partial charge in [-0.05, 0) is 44.6 Å². The third-order valence-electron chi connectivity index (χ3n) is 5.78. The molecule has 0 radical (unpaired) electrons. The minimum Gasteiger partial charge on any atom is -0.309 e. The van der Waals surface area contributed by atoms with Crippen LogP contribution in [0.2, 0.25) is 0 Å². The molecule has 2 aromatic rings. The maximum atomic E-state index is 4.80. The maximum absolute atomic E-state index is 4.80. The fourth-order valence-corrected chi connectivity index (χ4v) is 4.45. The predicted molar refractivity (Wildman–Crippen MR) is 98.5 cm³/mol. The molecule has 0 saturated heterocycles. The molecule has 1 unspecified atom stereocenters. The third-order valence-corrected chi connectivity index (χ3v) is 5.78. The third kappa shape index (κ3) is 3.76. The highest BCUT2D eigenvalue weighted by molar-refractivity contribution is 5.24. The van der Waals surface area contributed by atoms with E-state index < -0.39 is 0 Å². The monoisotopic (exact) mass is 339 g/mol. The molecule has 2 aliphatic carbocycles. The van der Waals surface area contributed by atoms with E-state index in [1.807, 2.05) is 24.9 Å². The van der Waals surface area contributed by atoms with Crippen LogP contribution in [0.4, 0.5) is 0 Å². The van der Waals surface area contributed by atoms with E-state index in [-0.39, 0.29) is 0 Å². The first-order valence-electron chi connectivity index (χ1n) is 9.76. The maximum Gasteiger partial charge on any atom is 0.125 e. The summed E-state index contributed by atoms with van der Waals surface area (Å²) in [5.74, 6) is 1.55. The summed E-state index contributed by atoms with van der Waals surface area (Å²) >= 11 is 0. The highest BCUT2D eigenvalue weighted by Crippen LogP contribution is 2.33. The van der Waals surface area contributed by atoms with Crippen molar-refractivity contribution in [2.45, 2.75) is 76.8 Å². The van der Waals surface area contributed by atoms with E-state index >= 15 is 0 Å². The molecule has 0 aromatic carbocycles. The second-order valence-corrected chi connectivity index (χ2v) is 7.76. The Balaban J connectivity index is 1.41. The zero-order valence-electron chi connectivity index (χ0n) is 15.5.